The first-order valence-corrected chi connectivity index (χ1v) is 7.25. The number of hydrogen-bond donors (Lipinski definition) is 2. The Kier molecular flexibility index (Phi) is 5.12. The number of nitrogens with one attached hydrogen (secondary N) is 2. The third-order valence-electron chi connectivity index (χ3n) is 2.08. The zero-order valence-corrected chi connectivity index (χ0v) is 12.2. The molecule has 0 heterocycles. The average Bonchev–Trinajstić information content (AvgIpc) is 2.27. The van der Waals surface area contributed by atoms with Gasteiger partial charge in [0.1, 0.15) is 0 Å². The van der Waals surface area contributed by atoms with Gasteiger partial charge in [0.2, 0.25) is 0 Å². The SMILES string of the molecule is COC(=O)NS(=O)(=O)NC(C)c1cccc(Br)c1. The maximum Gasteiger partial charge on any atom is 0.421 e. The largest absolute Gasteiger partial charge is 0.452 e. The lowest BCUT2D eigenvalue weighted by atomic mass is 10.1. The number of amides is 1. The summed E-state index contributed by atoms with van der Waals surface area (Å²) in [6, 6.07) is 6.70. The van der Waals surface area contributed by atoms with Crippen LogP contribution in [0.3, 0.4) is 0 Å². The Morgan fingerprint density at radius 3 is 2.67 bits per heavy atom. The predicted molar refractivity (Wildman–Crippen MR) is 70.2 cm³/mol. The first-order chi connectivity index (χ1) is 8.34. The number of hydrogen-bond acceptors (Lipinski definition) is 4. The van der Waals surface area contributed by atoms with Crippen molar-refractivity contribution in [3.8, 4) is 0 Å². The summed E-state index contributed by atoms with van der Waals surface area (Å²) in [5.74, 6) is 0. The highest BCUT2D eigenvalue weighted by atomic mass is 79.9. The van der Waals surface area contributed by atoms with Crippen LogP contribution in [0.4, 0.5) is 4.79 Å². The lowest BCUT2D eigenvalue weighted by Gasteiger charge is -2.14. The Morgan fingerprint density at radius 1 is 1.44 bits per heavy atom. The van der Waals surface area contributed by atoms with Gasteiger partial charge in [0, 0.05) is 10.5 Å². The van der Waals surface area contributed by atoms with Crippen molar-refractivity contribution >= 4 is 32.2 Å². The molecule has 0 aliphatic rings. The minimum Gasteiger partial charge on any atom is -0.452 e. The number of benzene rings is 1. The van der Waals surface area contributed by atoms with Gasteiger partial charge in [-0.05, 0) is 24.6 Å². The van der Waals surface area contributed by atoms with Crippen molar-refractivity contribution in [1.82, 2.24) is 9.44 Å². The van der Waals surface area contributed by atoms with Crippen molar-refractivity contribution < 1.29 is 17.9 Å². The Bertz CT molecular complexity index is 532. The summed E-state index contributed by atoms with van der Waals surface area (Å²) in [6.07, 6.45) is -1.04. The number of carbonyl (C=O) groups excluding carboxylic acids is 1. The molecule has 1 atom stereocenters. The van der Waals surface area contributed by atoms with E-state index in [1.807, 2.05) is 6.07 Å². The number of methoxy groups -OCH3 is 1. The van der Waals surface area contributed by atoms with Gasteiger partial charge in [-0.15, -0.1) is 0 Å². The second-order valence-electron chi connectivity index (χ2n) is 3.49. The molecule has 0 fully saturated rings. The molecule has 8 heteroatoms. The molecule has 1 aromatic carbocycles. The van der Waals surface area contributed by atoms with Gasteiger partial charge in [-0.3, -0.25) is 0 Å². The molecule has 0 aliphatic heterocycles. The molecule has 18 heavy (non-hydrogen) atoms. The molecule has 0 spiro atoms. The van der Waals surface area contributed by atoms with Crippen molar-refractivity contribution in [3.05, 3.63) is 34.3 Å². The third kappa shape index (κ3) is 4.63. The van der Waals surface area contributed by atoms with E-state index < -0.39 is 22.3 Å². The monoisotopic (exact) mass is 336 g/mol. The lowest BCUT2D eigenvalue weighted by Crippen LogP contribution is -2.41. The second-order valence-corrected chi connectivity index (χ2v) is 5.85. The highest BCUT2D eigenvalue weighted by Gasteiger charge is 2.18. The minimum atomic E-state index is -3.94. The highest BCUT2D eigenvalue weighted by Crippen LogP contribution is 2.18. The van der Waals surface area contributed by atoms with E-state index in [0.29, 0.717) is 0 Å². The van der Waals surface area contributed by atoms with E-state index in [1.54, 1.807) is 29.8 Å². The van der Waals surface area contributed by atoms with Crippen molar-refractivity contribution in [2.24, 2.45) is 0 Å². The van der Waals surface area contributed by atoms with Crippen LogP contribution < -0.4 is 9.44 Å². The highest BCUT2D eigenvalue weighted by molar-refractivity contribution is 9.10. The maximum atomic E-state index is 11.5. The molecule has 1 aromatic rings. The summed E-state index contributed by atoms with van der Waals surface area (Å²) in [7, 11) is -2.86. The van der Waals surface area contributed by atoms with Crippen LogP contribution in [0.2, 0.25) is 0 Å². The van der Waals surface area contributed by atoms with E-state index in [9.17, 15) is 13.2 Å². The Morgan fingerprint density at radius 2 is 2.11 bits per heavy atom. The summed E-state index contributed by atoms with van der Waals surface area (Å²) in [5.41, 5.74) is 0.764. The standard InChI is InChI=1S/C10H13BrN2O4S/c1-7(8-4-3-5-9(11)6-8)12-18(15,16)13-10(14)17-2/h3-7,12H,1-2H3,(H,13,14). The summed E-state index contributed by atoms with van der Waals surface area (Å²) in [5, 5.41) is 0. The van der Waals surface area contributed by atoms with Gasteiger partial charge in [-0.2, -0.15) is 13.1 Å². The van der Waals surface area contributed by atoms with Gasteiger partial charge < -0.3 is 4.74 Å². The number of ether oxygens (including phenoxy) is 1. The number of carbonyl (C=O) groups is 1. The summed E-state index contributed by atoms with van der Waals surface area (Å²) >= 11 is 3.29. The molecule has 0 radical (unpaired) electrons. The summed E-state index contributed by atoms with van der Waals surface area (Å²) < 4.78 is 32.1. The first kappa shape index (κ1) is 14.9. The molecule has 0 aromatic heterocycles. The zero-order valence-electron chi connectivity index (χ0n) is 9.81. The Hall–Kier alpha value is -1.12. The third-order valence-corrected chi connectivity index (χ3v) is 3.68. The molecule has 1 unspecified atom stereocenters. The molecular weight excluding hydrogens is 324 g/mol. The average molecular weight is 337 g/mol. The van der Waals surface area contributed by atoms with Gasteiger partial charge in [0.15, 0.2) is 0 Å². The first-order valence-electron chi connectivity index (χ1n) is 4.97. The lowest BCUT2D eigenvalue weighted by molar-refractivity contribution is 0.177. The van der Waals surface area contributed by atoms with Crippen LogP contribution in [0.25, 0.3) is 0 Å². The van der Waals surface area contributed by atoms with E-state index >= 15 is 0 Å². The van der Waals surface area contributed by atoms with Gasteiger partial charge >= 0.3 is 16.3 Å². The molecule has 0 aliphatic carbocycles. The summed E-state index contributed by atoms with van der Waals surface area (Å²) in [6.45, 7) is 1.66. The number of rotatable bonds is 4. The van der Waals surface area contributed by atoms with Crippen LogP contribution in [0, 0.1) is 0 Å². The molecular formula is C10H13BrN2O4S. The molecule has 2 N–H and O–H groups in total. The Balaban J connectivity index is 2.75. The van der Waals surface area contributed by atoms with Gasteiger partial charge in [0.25, 0.3) is 0 Å². The van der Waals surface area contributed by atoms with Crippen LogP contribution in [-0.4, -0.2) is 21.6 Å². The van der Waals surface area contributed by atoms with E-state index in [4.69, 9.17) is 0 Å². The smallest absolute Gasteiger partial charge is 0.421 e. The molecule has 1 amide bonds. The quantitative estimate of drug-likeness (QED) is 0.876. The van der Waals surface area contributed by atoms with E-state index in [0.717, 1.165) is 17.1 Å². The fourth-order valence-electron chi connectivity index (χ4n) is 1.26. The van der Waals surface area contributed by atoms with Crippen molar-refractivity contribution in [3.63, 3.8) is 0 Å². The van der Waals surface area contributed by atoms with E-state index in [-0.39, 0.29) is 0 Å². The fraction of sp³-hybridized carbons (Fsp3) is 0.300. The molecule has 100 valence electrons. The van der Waals surface area contributed by atoms with Crippen molar-refractivity contribution in [1.29, 1.82) is 0 Å². The minimum absolute atomic E-state index is 0.482. The van der Waals surface area contributed by atoms with Crippen LogP contribution in [-0.2, 0) is 14.9 Å². The molecule has 0 bridgehead atoms. The molecule has 0 saturated carbocycles. The van der Waals surface area contributed by atoms with Crippen molar-refractivity contribution in [2.45, 2.75) is 13.0 Å². The number of halogens is 1. The van der Waals surface area contributed by atoms with Gasteiger partial charge in [-0.1, -0.05) is 28.1 Å². The predicted octanol–water partition coefficient (Wildman–Crippen LogP) is 1.70. The molecule has 6 nitrogen and oxygen atoms in total. The van der Waals surface area contributed by atoms with E-state index in [1.165, 1.54) is 0 Å². The normalized spacial score (nSPS) is 12.8. The summed E-state index contributed by atoms with van der Waals surface area (Å²) in [4.78, 5) is 10.8. The zero-order chi connectivity index (χ0) is 13.8. The topological polar surface area (TPSA) is 84.5 Å². The van der Waals surface area contributed by atoms with Crippen LogP contribution in [0.15, 0.2) is 28.7 Å². The second kappa shape index (κ2) is 6.17. The van der Waals surface area contributed by atoms with E-state index in [2.05, 4.69) is 25.4 Å². The van der Waals surface area contributed by atoms with Crippen molar-refractivity contribution in [2.75, 3.05) is 7.11 Å². The molecule has 0 saturated heterocycles. The Labute approximate surface area is 114 Å². The maximum absolute atomic E-state index is 11.5. The van der Waals surface area contributed by atoms with Crippen LogP contribution >= 0.6 is 15.9 Å². The molecule has 1 rings (SSSR count). The van der Waals surface area contributed by atoms with Gasteiger partial charge in [0.05, 0.1) is 7.11 Å². The van der Waals surface area contributed by atoms with Gasteiger partial charge in [-0.25, -0.2) is 9.52 Å². The van der Waals surface area contributed by atoms with Crippen LogP contribution in [0.1, 0.15) is 18.5 Å². The van der Waals surface area contributed by atoms with Crippen LogP contribution in [0.5, 0.6) is 0 Å². The fourth-order valence-corrected chi connectivity index (χ4v) is 2.64.